The van der Waals surface area contributed by atoms with Crippen LogP contribution in [-0.4, -0.2) is 65.2 Å². The van der Waals surface area contributed by atoms with E-state index in [4.69, 9.17) is 10.6 Å². The summed E-state index contributed by atoms with van der Waals surface area (Å²) < 4.78 is 0. The van der Waals surface area contributed by atoms with Crippen LogP contribution in [0.4, 0.5) is 0 Å². The molecule has 0 aromatic rings. The summed E-state index contributed by atoms with van der Waals surface area (Å²) >= 11 is 0. The lowest BCUT2D eigenvalue weighted by atomic mass is 9.77. The molecule has 0 atom stereocenters. The van der Waals surface area contributed by atoms with Gasteiger partial charge < -0.3 is 15.5 Å². The van der Waals surface area contributed by atoms with Crippen LogP contribution in [0.25, 0.3) is 0 Å². The van der Waals surface area contributed by atoms with Gasteiger partial charge in [0.05, 0.1) is 12.5 Å². The first kappa shape index (κ1) is 19.1. The van der Waals surface area contributed by atoms with Crippen LogP contribution in [0.15, 0.2) is 24.0 Å². The summed E-state index contributed by atoms with van der Waals surface area (Å²) in [7, 11) is 1.30. The van der Waals surface area contributed by atoms with E-state index in [1.165, 1.54) is 7.11 Å². The van der Waals surface area contributed by atoms with Gasteiger partial charge >= 0.3 is 0 Å². The van der Waals surface area contributed by atoms with Crippen molar-refractivity contribution in [2.75, 3.05) is 26.7 Å². The monoisotopic (exact) mass is 376 g/mol. The normalized spacial score (nSPS) is 21.8. The van der Waals surface area contributed by atoms with Crippen LogP contribution in [0, 0.1) is 5.41 Å². The maximum atomic E-state index is 12.5. The van der Waals surface area contributed by atoms with Crippen molar-refractivity contribution in [3.8, 4) is 0 Å². The summed E-state index contributed by atoms with van der Waals surface area (Å²) in [6, 6.07) is 0. The second-order valence-corrected chi connectivity index (χ2v) is 7.03. The fraction of sp³-hybridized carbons (Fsp3) is 0.556. The van der Waals surface area contributed by atoms with Gasteiger partial charge in [0.25, 0.3) is 17.7 Å². The molecule has 27 heavy (non-hydrogen) atoms. The zero-order chi connectivity index (χ0) is 19.6. The summed E-state index contributed by atoms with van der Waals surface area (Å²) in [6.45, 7) is 1.20. The number of carbonyl (C=O) groups excluding carboxylic acids is 4. The van der Waals surface area contributed by atoms with Crippen molar-refractivity contribution in [2.24, 2.45) is 11.1 Å². The predicted octanol–water partition coefficient (Wildman–Crippen LogP) is -0.106. The Morgan fingerprint density at radius 2 is 1.96 bits per heavy atom. The van der Waals surface area contributed by atoms with Crippen LogP contribution in [0.1, 0.15) is 32.1 Å². The fourth-order valence-electron chi connectivity index (χ4n) is 3.90. The third kappa shape index (κ3) is 3.59. The lowest BCUT2D eigenvalue weighted by molar-refractivity contribution is -0.183. The second kappa shape index (κ2) is 7.51. The number of imide groups is 1. The van der Waals surface area contributed by atoms with Crippen LogP contribution in [0.2, 0.25) is 0 Å². The van der Waals surface area contributed by atoms with E-state index in [9.17, 15) is 19.2 Å². The SMILES string of the molecule is CON1C(=O)CC2(CCN(C(=O)CCN3C=CCC=C3C(N)=O)CC2)C1=O. The van der Waals surface area contributed by atoms with Crippen molar-refractivity contribution in [1.29, 1.82) is 0 Å². The maximum Gasteiger partial charge on any atom is 0.264 e. The molecule has 3 heterocycles. The van der Waals surface area contributed by atoms with E-state index < -0.39 is 11.3 Å². The number of hydroxylamine groups is 2. The fourth-order valence-corrected chi connectivity index (χ4v) is 3.90. The molecule has 3 aliphatic rings. The van der Waals surface area contributed by atoms with E-state index in [1.807, 2.05) is 6.08 Å². The minimum absolute atomic E-state index is 0.0481. The zero-order valence-corrected chi connectivity index (χ0v) is 15.3. The number of piperidine rings is 1. The molecule has 9 nitrogen and oxygen atoms in total. The summed E-state index contributed by atoms with van der Waals surface area (Å²) in [5.74, 6) is -1.20. The van der Waals surface area contributed by atoms with Gasteiger partial charge in [-0.3, -0.25) is 24.0 Å². The molecule has 4 amide bonds. The number of nitrogens with two attached hydrogens (primary N) is 1. The number of carbonyl (C=O) groups is 4. The molecule has 0 aliphatic carbocycles. The second-order valence-electron chi connectivity index (χ2n) is 7.03. The number of likely N-dealkylation sites (tertiary alicyclic amines) is 1. The summed E-state index contributed by atoms with van der Waals surface area (Å²) in [4.78, 5) is 56.6. The van der Waals surface area contributed by atoms with Gasteiger partial charge in [0.15, 0.2) is 0 Å². The van der Waals surface area contributed by atoms with Gasteiger partial charge in [-0.25, -0.2) is 0 Å². The standard InChI is InChI=1S/C18H24N4O5/c1-27-22-15(24)12-18(17(22)26)6-10-21(11-7-18)14(23)5-9-20-8-3-2-4-13(20)16(19)25/h3-4,8H,2,5-7,9-12H2,1H3,(H2,19,25). The smallest absolute Gasteiger partial charge is 0.264 e. The molecule has 0 aromatic carbocycles. The number of rotatable bonds is 5. The van der Waals surface area contributed by atoms with Crippen LogP contribution in [-0.2, 0) is 24.0 Å². The molecular weight excluding hydrogens is 352 g/mol. The van der Waals surface area contributed by atoms with Gasteiger partial charge in [-0.15, -0.1) is 0 Å². The molecule has 0 radical (unpaired) electrons. The molecular formula is C18H24N4O5. The highest BCUT2D eigenvalue weighted by Crippen LogP contribution is 2.42. The van der Waals surface area contributed by atoms with Gasteiger partial charge in [0.2, 0.25) is 5.91 Å². The molecule has 3 aliphatic heterocycles. The third-order valence-electron chi connectivity index (χ3n) is 5.47. The van der Waals surface area contributed by atoms with Gasteiger partial charge in [-0.05, 0) is 19.3 Å². The highest BCUT2D eigenvalue weighted by atomic mass is 16.7. The third-order valence-corrected chi connectivity index (χ3v) is 5.47. The first-order valence-corrected chi connectivity index (χ1v) is 9.00. The average molecular weight is 376 g/mol. The summed E-state index contributed by atoms with van der Waals surface area (Å²) in [5.41, 5.74) is 5.02. The molecule has 3 rings (SSSR count). The van der Waals surface area contributed by atoms with Crippen molar-refractivity contribution in [1.82, 2.24) is 14.9 Å². The van der Waals surface area contributed by atoms with Crippen molar-refractivity contribution >= 4 is 23.6 Å². The zero-order valence-electron chi connectivity index (χ0n) is 15.3. The lowest BCUT2D eigenvalue weighted by Gasteiger charge is -2.37. The number of nitrogens with zero attached hydrogens (tertiary/aromatic N) is 3. The highest BCUT2D eigenvalue weighted by Gasteiger charge is 2.53. The van der Waals surface area contributed by atoms with E-state index >= 15 is 0 Å². The largest absolute Gasteiger partial charge is 0.364 e. The minimum Gasteiger partial charge on any atom is -0.364 e. The van der Waals surface area contributed by atoms with Crippen molar-refractivity contribution < 1.29 is 24.0 Å². The number of amides is 4. The Hall–Kier alpha value is -2.68. The van der Waals surface area contributed by atoms with Crippen molar-refractivity contribution in [2.45, 2.75) is 32.1 Å². The molecule has 146 valence electrons. The lowest BCUT2D eigenvalue weighted by Crippen LogP contribution is -2.47. The number of allylic oxidation sites excluding steroid dienone is 2. The maximum absolute atomic E-state index is 12.5. The van der Waals surface area contributed by atoms with Crippen LogP contribution >= 0.6 is 0 Å². The average Bonchev–Trinajstić information content (AvgIpc) is 2.89. The molecule has 2 fully saturated rings. The van der Waals surface area contributed by atoms with E-state index in [-0.39, 0.29) is 30.6 Å². The van der Waals surface area contributed by atoms with Crippen molar-refractivity contribution in [3.63, 3.8) is 0 Å². The van der Waals surface area contributed by atoms with Crippen LogP contribution < -0.4 is 5.73 Å². The Morgan fingerprint density at radius 3 is 2.56 bits per heavy atom. The Labute approximate surface area is 157 Å². The van der Waals surface area contributed by atoms with E-state index in [1.54, 1.807) is 22.1 Å². The van der Waals surface area contributed by atoms with Crippen LogP contribution in [0.5, 0.6) is 0 Å². The number of primary amides is 1. The topological polar surface area (TPSA) is 113 Å². The molecule has 2 saturated heterocycles. The minimum atomic E-state index is -0.749. The predicted molar refractivity (Wildman–Crippen MR) is 94.1 cm³/mol. The van der Waals surface area contributed by atoms with E-state index in [2.05, 4.69) is 0 Å². The molecule has 1 spiro atoms. The Bertz CT molecular complexity index is 721. The first-order chi connectivity index (χ1) is 12.9. The van der Waals surface area contributed by atoms with Gasteiger partial charge in [0, 0.05) is 38.7 Å². The molecule has 0 unspecified atom stereocenters. The van der Waals surface area contributed by atoms with E-state index in [0.29, 0.717) is 44.6 Å². The molecule has 0 saturated carbocycles. The number of hydrogen-bond donors (Lipinski definition) is 1. The van der Waals surface area contributed by atoms with Gasteiger partial charge in [-0.1, -0.05) is 12.2 Å². The molecule has 0 aromatic heterocycles. The van der Waals surface area contributed by atoms with Crippen molar-refractivity contribution in [3.05, 3.63) is 24.0 Å². The quantitative estimate of drug-likeness (QED) is 0.670. The number of hydrogen-bond acceptors (Lipinski definition) is 6. The van der Waals surface area contributed by atoms with Gasteiger partial charge in [0.1, 0.15) is 5.70 Å². The molecule has 2 N–H and O–H groups in total. The highest BCUT2D eigenvalue weighted by molar-refractivity contribution is 6.04. The molecule has 9 heteroatoms. The summed E-state index contributed by atoms with van der Waals surface area (Å²) in [6.07, 6.45) is 7.29. The first-order valence-electron chi connectivity index (χ1n) is 9.00. The summed E-state index contributed by atoms with van der Waals surface area (Å²) in [5, 5.41) is 0.831. The van der Waals surface area contributed by atoms with Crippen LogP contribution in [0.3, 0.4) is 0 Å². The van der Waals surface area contributed by atoms with E-state index in [0.717, 1.165) is 5.06 Å². The van der Waals surface area contributed by atoms with Gasteiger partial charge in [-0.2, -0.15) is 5.06 Å². The Morgan fingerprint density at radius 1 is 1.26 bits per heavy atom. The Balaban J connectivity index is 1.53. The Kier molecular flexibility index (Phi) is 5.31. The molecule has 0 bridgehead atoms.